The van der Waals surface area contributed by atoms with E-state index < -0.39 is 0 Å². The first-order valence-electron chi connectivity index (χ1n) is 6.22. The Morgan fingerprint density at radius 1 is 1.33 bits per heavy atom. The zero-order valence-corrected chi connectivity index (χ0v) is 9.42. The Morgan fingerprint density at radius 3 is 2.87 bits per heavy atom. The molecule has 0 heterocycles. The lowest BCUT2D eigenvalue weighted by Crippen LogP contribution is -2.10. The summed E-state index contributed by atoms with van der Waals surface area (Å²) >= 11 is 0. The first kappa shape index (κ1) is 9.21. The smallest absolute Gasteiger partial charge is 0.00822 e. The lowest BCUT2D eigenvalue weighted by molar-refractivity contribution is 0.319. The van der Waals surface area contributed by atoms with E-state index in [0.29, 0.717) is 0 Å². The van der Waals surface area contributed by atoms with Crippen molar-refractivity contribution in [3.63, 3.8) is 0 Å². The van der Waals surface area contributed by atoms with Gasteiger partial charge in [0.15, 0.2) is 0 Å². The third-order valence-corrected chi connectivity index (χ3v) is 3.95. The molecule has 0 saturated heterocycles. The first-order valence-corrected chi connectivity index (χ1v) is 6.22. The lowest BCUT2D eigenvalue weighted by atomic mass is 9.80. The zero-order valence-electron chi connectivity index (χ0n) is 9.42. The van der Waals surface area contributed by atoms with Crippen LogP contribution in [-0.4, -0.2) is 0 Å². The van der Waals surface area contributed by atoms with Crippen LogP contribution in [0.4, 0.5) is 0 Å². The average Bonchev–Trinajstić information content (AvgIpc) is 2.46. The molecular weight excluding hydrogens is 180 g/mol. The van der Waals surface area contributed by atoms with E-state index in [-0.39, 0.29) is 0 Å². The van der Waals surface area contributed by atoms with Gasteiger partial charge in [0.1, 0.15) is 0 Å². The third kappa shape index (κ3) is 1.43. The van der Waals surface area contributed by atoms with Gasteiger partial charge in [0, 0.05) is 0 Å². The number of allylic oxidation sites excluding steroid dienone is 8. The Hall–Kier alpha value is -1.04. The molecule has 0 radical (unpaired) electrons. The van der Waals surface area contributed by atoms with Gasteiger partial charge in [-0.15, -0.1) is 0 Å². The fraction of sp³-hybridized carbons (Fsp3) is 0.467. The van der Waals surface area contributed by atoms with Gasteiger partial charge in [-0.3, -0.25) is 0 Å². The van der Waals surface area contributed by atoms with Crippen LogP contribution in [0.1, 0.15) is 39.0 Å². The Bertz CT molecular complexity index is 398. The Balaban J connectivity index is 1.75. The van der Waals surface area contributed by atoms with E-state index in [2.05, 4.69) is 31.2 Å². The summed E-state index contributed by atoms with van der Waals surface area (Å²) in [6, 6.07) is 0. The predicted molar refractivity (Wildman–Crippen MR) is 64.6 cm³/mol. The van der Waals surface area contributed by atoms with Crippen molar-refractivity contribution in [1.82, 2.24) is 0 Å². The second-order valence-electron chi connectivity index (χ2n) is 4.88. The molecule has 3 rings (SSSR count). The molecule has 0 atom stereocenters. The van der Waals surface area contributed by atoms with Crippen molar-refractivity contribution in [1.29, 1.82) is 0 Å². The number of hydrogen-bond acceptors (Lipinski definition) is 0. The molecule has 0 aromatic carbocycles. The molecule has 0 aromatic rings. The van der Waals surface area contributed by atoms with E-state index in [4.69, 9.17) is 0 Å². The highest BCUT2D eigenvalue weighted by Gasteiger charge is 2.24. The predicted octanol–water partition coefficient (Wildman–Crippen LogP) is 4.32. The Morgan fingerprint density at radius 2 is 2.20 bits per heavy atom. The fourth-order valence-corrected chi connectivity index (χ4v) is 2.65. The molecule has 1 saturated carbocycles. The van der Waals surface area contributed by atoms with Gasteiger partial charge in [0.2, 0.25) is 0 Å². The van der Waals surface area contributed by atoms with Crippen LogP contribution in [0.15, 0.2) is 46.6 Å². The third-order valence-electron chi connectivity index (χ3n) is 3.95. The van der Waals surface area contributed by atoms with Gasteiger partial charge in [-0.2, -0.15) is 0 Å². The first-order chi connectivity index (χ1) is 7.38. The molecule has 78 valence electrons. The molecule has 0 unspecified atom stereocenters. The van der Waals surface area contributed by atoms with E-state index >= 15 is 0 Å². The SMILES string of the molecule is CCC1=C2C(=C/C2=C\CC2CCC2)C=C1. The standard InChI is InChI=1S/C15H18/c1-2-12-8-9-14-10-13(15(12)14)7-6-11-4-3-5-11/h7-11H,2-6H2,1H3/b13-7+. The molecule has 1 fully saturated rings. The van der Waals surface area contributed by atoms with Gasteiger partial charge in [0.05, 0.1) is 0 Å². The van der Waals surface area contributed by atoms with Crippen molar-refractivity contribution >= 4 is 0 Å². The topological polar surface area (TPSA) is 0 Å². The summed E-state index contributed by atoms with van der Waals surface area (Å²) in [5, 5.41) is 0. The summed E-state index contributed by atoms with van der Waals surface area (Å²) in [5.74, 6) is 0.995. The minimum absolute atomic E-state index is 0.995. The highest BCUT2D eigenvalue weighted by molar-refractivity contribution is 5.74. The Kier molecular flexibility index (Phi) is 2.16. The van der Waals surface area contributed by atoms with Crippen LogP contribution in [0.3, 0.4) is 0 Å². The zero-order chi connectivity index (χ0) is 10.3. The van der Waals surface area contributed by atoms with Crippen LogP contribution in [0.2, 0.25) is 0 Å². The highest BCUT2D eigenvalue weighted by atomic mass is 14.3. The molecule has 0 bridgehead atoms. The Labute approximate surface area is 92.1 Å². The van der Waals surface area contributed by atoms with E-state index in [9.17, 15) is 0 Å². The molecule has 0 aliphatic heterocycles. The normalized spacial score (nSPS) is 26.5. The van der Waals surface area contributed by atoms with Crippen molar-refractivity contribution in [2.75, 3.05) is 0 Å². The van der Waals surface area contributed by atoms with Crippen LogP contribution < -0.4 is 0 Å². The van der Waals surface area contributed by atoms with Crippen LogP contribution in [-0.2, 0) is 0 Å². The van der Waals surface area contributed by atoms with E-state index in [1.165, 1.54) is 48.8 Å². The number of fused-ring (bicyclic) bond motifs is 1. The van der Waals surface area contributed by atoms with Crippen molar-refractivity contribution in [2.45, 2.75) is 39.0 Å². The van der Waals surface area contributed by atoms with Crippen LogP contribution in [0, 0.1) is 5.92 Å². The molecule has 0 aromatic heterocycles. The van der Waals surface area contributed by atoms with E-state index in [1.54, 1.807) is 5.57 Å². The minimum atomic E-state index is 0.995. The van der Waals surface area contributed by atoms with E-state index in [1.807, 2.05) is 0 Å². The molecule has 3 aliphatic carbocycles. The summed E-state index contributed by atoms with van der Waals surface area (Å²) in [7, 11) is 0. The molecule has 0 heteroatoms. The molecular formula is C15H18. The maximum absolute atomic E-state index is 2.46. The summed E-state index contributed by atoms with van der Waals surface area (Å²) in [5.41, 5.74) is 6.06. The summed E-state index contributed by atoms with van der Waals surface area (Å²) in [6.07, 6.45) is 16.2. The van der Waals surface area contributed by atoms with Gasteiger partial charge < -0.3 is 0 Å². The van der Waals surface area contributed by atoms with Crippen LogP contribution in [0.25, 0.3) is 0 Å². The number of hydrogen-bond donors (Lipinski definition) is 0. The summed E-state index contributed by atoms with van der Waals surface area (Å²) < 4.78 is 0. The summed E-state index contributed by atoms with van der Waals surface area (Å²) in [6.45, 7) is 2.25. The summed E-state index contributed by atoms with van der Waals surface area (Å²) in [4.78, 5) is 0. The van der Waals surface area contributed by atoms with Gasteiger partial charge in [-0.25, -0.2) is 0 Å². The van der Waals surface area contributed by atoms with E-state index in [0.717, 1.165) is 5.92 Å². The van der Waals surface area contributed by atoms with Gasteiger partial charge in [-0.1, -0.05) is 44.4 Å². The molecule has 0 N–H and O–H groups in total. The molecule has 0 spiro atoms. The second kappa shape index (κ2) is 3.52. The molecule has 3 aliphatic rings. The number of rotatable bonds is 3. The fourth-order valence-electron chi connectivity index (χ4n) is 2.65. The highest BCUT2D eigenvalue weighted by Crippen LogP contribution is 2.42. The lowest BCUT2D eigenvalue weighted by Gasteiger charge is -2.26. The second-order valence-corrected chi connectivity index (χ2v) is 4.88. The van der Waals surface area contributed by atoms with Crippen molar-refractivity contribution < 1.29 is 0 Å². The molecule has 15 heavy (non-hydrogen) atoms. The van der Waals surface area contributed by atoms with Gasteiger partial charge in [-0.05, 0) is 47.1 Å². The van der Waals surface area contributed by atoms with Crippen molar-refractivity contribution in [3.8, 4) is 0 Å². The van der Waals surface area contributed by atoms with Crippen LogP contribution in [0.5, 0.6) is 0 Å². The van der Waals surface area contributed by atoms with Crippen molar-refractivity contribution in [3.05, 3.63) is 46.6 Å². The average molecular weight is 198 g/mol. The quantitative estimate of drug-likeness (QED) is 0.633. The minimum Gasteiger partial charge on any atom is -0.0763 e. The molecule has 0 amide bonds. The van der Waals surface area contributed by atoms with Gasteiger partial charge in [0.25, 0.3) is 0 Å². The molecule has 0 nitrogen and oxygen atoms in total. The maximum Gasteiger partial charge on any atom is -0.00822 e. The largest absolute Gasteiger partial charge is 0.0763 e. The van der Waals surface area contributed by atoms with Crippen LogP contribution >= 0.6 is 0 Å². The maximum atomic E-state index is 2.46. The van der Waals surface area contributed by atoms with Crippen molar-refractivity contribution in [2.24, 2.45) is 5.92 Å². The van der Waals surface area contributed by atoms with Gasteiger partial charge >= 0.3 is 0 Å². The monoisotopic (exact) mass is 198 g/mol.